The van der Waals surface area contributed by atoms with E-state index in [1.807, 2.05) is 0 Å². The van der Waals surface area contributed by atoms with Gasteiger partial charge >= 0.3 is 5.69 Å². The monoisotopic (exact) mass is 329 g/mol. The fraction of sp³-hybridized carbons (Fsp3) is 0.500. The van der Waals surface area contributed by atoms with Crippen molar-refractivity contribution in [3.8, 4) is 0 Å². The van der Waals surface area contributed by atoms with E-state index in [9.17, 15) is 14.4 Å². The Balaban J connectivity index is 2.03. The molecule has 0 saturated heterocycles. The van der Waals surface area contributed by atoms with Crippen LogP contribution >= 0.6 is 0 Å². The maximum Gasteiger partial charge on any atom is 0.329 e. The number of rotatable bonds is 3. The number of aromatic nitrogens is 2. The lowest BCUT2D eigenvalue weighted by atomic mass is 9.84. The van der Waals surface area contributed by atoms with Gasteiger partial charge in [-0.15, -0.1) is 0 Å². The molecule has 128 valence electrons. The molecule has 0 atom stereocenters. The van der Waals surface area contributed by atoms with Gasteiger partial charge in [-0.3, -0.25) is 14.2 Å². The molecule has 1 heterocycles. The number of anilines is 1. The van der Waals surface area contributed by atoms with Gasteiger partial charge in [0.15, 0.2) is 0 Å². The van der Waals surface area contributed by atoms with E-state index in [2.05, 4.69) is 17.2 Å². The van der Waals surface area contributed by atoms with Gasteiger partial charge in [-0.05, 0) is 49.8 Å². The van der Waals surface area contributed by atoms with Crippen molar-refractivity contribution in [1.29, 1.82) is 0 Å². The quantitative estimate of drug-likeness (QED) is 0.908. The SMILES string of the molecule is CC[C@H]1CC[C@@H](n2c(=O)[nH]c3ccc(NC(C)=O)cc3c2=O)CC1. The van der Waals surface area contributed by atoms with Crippen LogP contribution in [0.2, 0.25) is 0 Å². The molecular weight excluding hydrogens is 306 g/mol. The number of amides is 1. The van der Waals surface area contributed by atoms with Gasteiger partial charge in [-0.2, -0.15) is 0 Å². The molecule has 6 nitrogen and oxygen atoms in total. The predicted octanol–water partition coefficient (Wildman–Crippen LogP) is 2.79. The van der Waals surface area contributed by atoms with Gasteiger partial charge in [0.25, 0.3) is 5.56 Å². The van der Waals surface area contributed by atoms with Crippen LogP contribution in [-0.2, 0) is 4.79 Å². The lowest BCUT2D eigenvalue weighted by molar-refractivity contribution is -0.114. The standard InChI is InChI=1S/C18H23N3O3/c1-3-12-4-7-14(8-5-12)21-17(23)15-10-13(19-11(2)22)6-9-16(15)20-18(21)24/h6,9-10,12,14H,3-5,7-8H2,1-2H3,(H,19,22)(H,20,24)/t12-,14+. The molecule has 0 spiro atoms. The predicted molar refractivity (Wildman–Crippen MR) is 94.4 cm³/mol. The summed E-state index contributed by atoms with van der Waals surface area (Å²) in [6.45, 7) is 3.60. The van der Waals surface area contributed by atoms with Crippen LogP contribution in [0.5, 0.6) is 0 Å². The zero-order valence-corrected chi connectivity index (χ0v) is 14.1. The number of nitrogens with one attached hydrogen (secondary N) is 2. The van der Waals surface area contributed by atoms with E-state index in [0.29, 0.717) is 22.5 Å². The molecule has 2 aromatic rings. The van der Waals surface area contributed by atoms with Gasteiger partial charge in [0.1, 0.15) is 0 Å². The van der Waals surface area contributed by atoms with Crippen LogP contribution in [0.4, 0.5) is 5.69 Å². The Morgan fingerprint density at radius 3 is 2.58 bits per heavy atom. The highest BCUT2D eigenvalue weighted by Crippen LogP contribution is 2.32. The zero-order valence-electron chi connectivity index (χ0n) is 14.1. The summed E-state index contributed by atoms with van der Waals surface area (Å²) in [5, 5.41) is 3.10. The Morgan fingerprint density at radius 2 is 1.96 bits per heavy atom. The molecule has 2 N–H and O–H groups in total. The maximum atomic E-state index is 12.9. The number of carbonyl (C=O) groups is 1. The number of hydrogen-bond acceptors (Lipinski definition) is 3. The van der Waals surface area contributed by atoms with E-state index in [1.165, 1.54) is 11.5 Å². The molecule has 0 bridgehead atoms. The average molecular weight is 329 g/mol. The first-order valence-corrected chi connectivity index (χ1v) is 8.55. The fourth-order valence-corrected chi connectivity index (χ4v) is 3.65. The molecule has 6 heteroatoms. The highest BCUT2D eigenvalue weighted by Gasteiger charge is 2.24. The fourth-order valence-electron chi connectivity index (χ4n) is 3.65. The molecule has 1 aromatic heterocycles. The highest BCUT2D eigenvalue weighted by molar-refractivity contribution is 5.91. The molecule has 24 heavy (non-hydrogen) atoms. The third-order valence-electron chi connectivity index (χ3n) is 5.01. The second kappa shape index (κ2) is 6.63. The second-order valence-electron chi connectivity index (χ2n) is 6.63. The van der Waals surface area contributed by atoms with Crippen molar-refractivity contribution in [2.75, 3.05) is 5.32 Å². The molecule has 1 aromatic carbocycles. The first kappa shape index (κ1) is 16.5. The lowest BCUT2D eigenvalue weighted by Gasteiger charge is -2.28. The zero-order chi connectivity index (χ0) is 17.3. The van der Waals surface area contributed by atoms with Crippen molar-refractivity contribution in [3.05, 3.63) is 39.0 Å². The minimum Gasteiger partial charge on any atom is -0.326 e. The number of carbonyl (C=O) groups excluding carboxylic acids is 1. The van der Waals surface area contributed by atoms with Crippen molar-refractivity contribution < 1.29 is 4.79 Å². The Bertz CT molecular complexity index is 873. The van der Waals surface area contributed by atoms with Crippen LogP contribution in [-0.4, -0.2) is 15.5 Å². The summed E-state index contributed by atoms with van der Waals surface area (Å²) in [5.74, 6) is 0.500. The van der Waals surface area contributed by atoms with Crippen LogP contribution in [0.3, 0.4) is 0 Å². The summed E-state index contributed by atoms with van der Waals surface area (Å²) in [5.41, 5.74) is 0.429. The van der Waals surface area contributed by atoms with Gasteiger partial charge in [-0.1, -0.05) is 13.3 Å². The van der Waals surface area contributed by atoms with Crippen LogP contribution in [0.25, 0.3) is 10.9 Å². The number of hydrogen-bond donors (Lipinski definition) is 2. The van der Waals surface area contributed by atoms with E-state index in [-0.39, 0.29) is 23.2 Å². The summed E-state index contributed by atoms with van der Waals surface area (Å²) >= 11 is 0. The van der Waals surface area contributed by atoms with Crippen molar-refractivity contribution in [2.24, 2.45) is 5.92 Å². The number of aromatic amines is 1. The third kappa shape index (κ3) is 3.13. The lowest BCUT2D eigenvalue weighted by Crippen LogP contribution is -2.39. The normalized spacial score (nSPS) is 20.9. The summed E-state index contributed by atoms with van der Waals surface area (Å²) < 4.78 is 1.37. The molecule has 1 fully saturated rings. The minimum atomic E-state index is -0.347. The Labute approximate surface area is 139 Å². The van der Waals surface area contributed by atoms with Crippen LogP contribution in [0.1, 0.15) is 52.0 Å². The largest absolute Gasteiger partial charge is 0.329 e. The van der Waals surface area contributed by atoms with Gasteiger partial charge in [-0.25, -0.2) is 4.79 Å². The minimum absolute atomic E-state index is 0.0436. The van der Waals surface area contributed by atoms with Gasteiger partial charge in [0.2, 0.25) is 5.91 Å². The van der Waals surface area contributed by atoms with Crippen molar-refractivity contribution in [1.82, 2.24) is 9.55 Å². The summed E-state index contributed by atoms with van der Waals surface area (Å²) in [4.78, 5) is 39.3. The summed E-state index contributed by atoms with van der Waals surface area (Å²) in [7, 11) is 0. The number of benzene rings is 1. The molecule has 1 amide bonds. The van der Waals surface area contributed by atoms with Gasteiger partial charge in [0.05, 0.1) is 10.9 Å². The topological polar surface area (TPSA) is 84.0 Å². The number of fused-ring (bicyclic) bond motifs is 1. The molecule has 1 saturated carbocycles. The van der Waals surface area contributed by atoms with Crippen LogP contribution in [0, 0.1) is 5.92 Å². The van der Waals surface area contributed by atoms with E-state index in [0.717, 1.165) is 32.1 Å². The molecule has 1 aliphatic carbocycles. The number of H-pyrrole nitrogens is 1. The number of nitrogens with zero attached hydrogens (tertiary/aromatic N) is 1. The third-order valence-corrected chi connectivity index (χ3v) is 5.01. The van der Waals surface area contributed by atoms with E-state index >= 15 is 0 Å². The Kier molecular flexibility index (Phi) is 4.55. The molecule has 0 unspecified atom stereocenters. The smallest absolute Gasteiger partial charge is 0.326 e. The van der Waals surface area contributed by atoms with E-state index in [4.69, 9.17) is 0 Å². The maximum absolute atomic E-state index is 12.9. The highest BCUT2D eigenvalue weighted by atomic mass is 16.2. The van der Waals surface area contributed by atoms with Gasteiger partial charge in [0, 0.05) is 18.7 Å². The first-order valence-electron chi connectivity index (χ1n) is 8.55. The van der Waals surface area contributed by atoms with Crippen molar-refractivity contribution in [3.63, 3.8) is 0 Å². The average Bonchev–Trinajstić information content (AvgIpc) is 2.55. The second-order valence-corrected chi connectivity index (χ2v) is 6.63. The first-order chi connectivity index (χ1) is 11.5. The Morgan fingerprint density at radius 1 is 1.25 bits per heavy atom. The van der Waals surface area contributed by atoms with E-state index in [1.54, 1.807) is 18.2 Å². The summed E-state index contributed by atoms with van der Waals surface area (Å²) in [6.07, 6.45) is 4.97. The van der Waals surface area contributed by atoms with Gasteiger partial charge < -0.3 is 10.3 Å². The molecule has 0 radical (unpaired) electrons. The molecular formula is C18H23N3O3. The molecule has 3 rings (SSSR count). The van der Waals surface area contributed by atoms with Crippen LogP contribution in [0.15, 0.2) is 27.8 Å². The van der Waals surface area contributed by atoms with E-state index < -0.39 is 0 Å². The molecule has 1 aliphatic rings. The summed E-state index contributed by atoms with van der Waals surface area (Å²) in [6, 6.07) is 4.92. The Hall–Kier alpha value is -2.37. The molecule has 0 aliphatic heterocycles. The van der Waals surface area contributed by atoms with Crippen LogP contribution < -0.4 is 16.6 Å². The van der Waals surface area contributed by atoms with Crippen molar-refractivity contribution >= 4 is 22.5 Å². The van der Waals surface area contributed by atoms with Crippen molar-refractivity contribution in [2.45, 2.75) is 52.0 Å².